The van der Waals surface area contributed by atoms with Crippen molar-refractivity contribution in [2.24, 2.45) is 0 Å². The molecular weight excluding hydrogens is 454 g/mol. The fourth-order valence-corrected chi connectivity index (χ4v) is 4.00. The van der Waals surface area contributed by atoms with Gasteiger partial charge < -0.3 is 10.4 Å². The van der Waals surface area contributed by atoms with Gasteiger partial charge in [0.15, 0.2) is 4.47 Å². The Labute approximate surface area is 171 Å². The fourth-order valence-electron chi connectivity index (χ4n) is 2.70. The van der Waals surface area contributed by atoms with Crippen LogP contribution in [-0.2, 0) is 6.54 Å². The van der Waals surface area contributed by atoms with Gasteiger partial charge in [-0.25, -0.2) is 14.5 Å². The maximum atomic E-state index is 13.0. The number of aromatic nitrogens is 4. The minimum Gasteiger partial charge on any atom is -0.839 e. The molecule has 0 saturated heterocycles. The maximum absolute atomic E-state index is 13.0. The van der Waals surface area contributed by atoms with Crippen LogP contribution in [0.2, 0.25) is 4.47 Å². The molecule has 0 aliphatic rings. The lowest BCUT2D eigenvalue weighted by Gasteiger charge is -2.07. The highest BCUT2D eigenvalue weighted by molar-refractivity contribution is 9.10. The number of carbonyl (C=O) groups excluding carboxylic acids is 1. The minimum atomic E-state index is -0.534. The van der Waals surface area contributed by atoms with Gasteiger partial charge >= 0.3 is 0 Å². The van der Waals surface area contributed by atoms with Gasteiger partial charge in [-0.3, -0.25) is 4.79 Å². The molecule has 4 aromatic heterocycles. The summed E-state index contributed by atoms with van der Waals surface area (Å²) >= 11 is 10.5. The highest BCUT2D eigenvalue weighted by Gasteiger charge is 2.26. The third-order valence-electron chi connectivity index (χ3n) is 3.82. The first kappa shape index (κ1) is 17.9. The Bertz CT molecular complexity index is 1160. The van der Waals surface area contributed by atoms with Crippen LogP contribution >= 0.6 is 38.9 Å². The third kappa shape index (κ3) is 3.53. The Morgan fingerprint density at radius 2 is 2.22 bits per heavy atom. The summed E-state index contributed by atoms with van der Waals surface area (Å²) in [5.41, 5.74) is 0.599. The largest absolute Gasteiger partial charge is 0.839 e. The molecule has 1 N–H and O–H groups in total. The Kier molecular flexibility index (Phi) is 4.81. The number of fused-ring (bicyclic) bond motifs is 1. The average molecular weight is 465 g/mol. The van der Waals surface area contributed by atoms with Crippen molar-refractivity contribution in [2.75, 3.05) is 5.32 Å². The van der Waals surface area contributed by atoms with Crippen LogP contribution in [0.15, 0.2) is 53.4 Å². The SMILES string of the molecule is O=C(Nc1cc(Br)ccn1)c1c([O-])[n+](Cc2cnc(Cl)s2)c2ccccn12. The van der Waals surface area contributed by atoms with Crippen molar-refractivity contribution >= 4 is 56.2 Å². The van der Waals surface area contributed by atoms with Crippen LogP contribution in [0, 0.1) is 0 Å². The van der Waals surface area contributed by atoms with Gasteiger partial charge in [0.25, 0.3) is 11.6 Å². The van der Waals surface area contributed by atoms with Gasteiger partial charge in [0.1, 0.15) is 18.2 Å². The van der Waals surface area contributed by atoms with Crippen LogP contribution in [0.3, 0.4) is 0 Å². The van der Waals surface area contributed by atoms with E-state index in [4.69, 9.17) is 11.6 Å². The number of nitrogens with one attached hydrogen (secondary N) is 1. The summed E-state index contributed by atoms with van der Waals surface area (Å²) < 4.78 is 4.26. The van der Waals surface area contributed by atoms with Gasteiger partial charge in [-0.15, -0.1) is 11.3 Å². The molecule has 7 nitrogen and oxygen atoms in total. The molecule has 0 saturated carbocycles. The quantitative estimate of drug-likeness (QED) is 0.471. The van der Waals surface area contributed by atoms with E-state index in [1.54, 1.807) is 47.3 Å². The van der Waals surface area contributed by atoms with Gasteiger partial charge in [-0.05, 0) is 18.2 Å². The number of rotatable bonds is 4. The normalized spacial score (nSPS) is 11.0. The van der Waals surface area contributed by atoms with Gasteiger partial charge in [0, 0.05) is 22.9 Å². The Hall–Kier alpha value is -2.49. The van der Waals surface area contributed by atoms with Crippen LogP contribution in [0.4, 0.5) is 5.82 Å². The van der Waals surface area contributed by atoms with E-state index >= 15 is 0 Å². The van der Waals surface area contributed by atoms with E-state index in [9.17, 15) is 9.90 Å². The molecule has 0 aliphatic heterocycles. The summed E-state index contributed by atoms with van der Waals surface area (Å²) in [6.07, 6.45) is 4.86. The second-order valence-corrected chi connectivity index (χ2v) is 8.17. The number of pyridine rings is 2. The summed E-state index contributed by atoms with van der Waals surface area (Å²) in [5.74, 6) is -0.591. The second kappa shape index (κ2) is 7.26. The molecule has 27 heavy (non-hydrogen) atoms. The van der Waals surface area contributed by atoms with E-state index in [-0.39, 0.29) is 12.2 Å². The zero-order chi connectivity index (χ0) is 19.0. The first-order chi connectivity index (χ1) is 13.0. The predicted molar refractivity (Wildman–Crippen MR) is 103 cm³/mol. The van der Waals surface area contributed by atoms with Crippen LogP contribution in [0.5, 0.6) is 5.88 Å². The number of hydrogen-bond donors (Lipinski definition) is 1. The first-order valence-corrected chi connectivity index (χ1v) is 9.74. The van der Waals surface area contributed by atoms with Crippen molar-refractivity contribution in [1.82, 2.24) is 14.4 Å². The molecule has 0 spiro atoms. The third-order valence-corrected chi connectivity index (χ3v) is 5.41. The Balaban J connectivity index is 1.76. The number of thiazole rings is 1. The molecule has 4 heterocycles. The molecule has 0 aromatic carbocycles. The predicted octanol–water partition coefficient (Wildman–Crippen LogP) is 2.87. The summed E-state index contributed by atoms with van der Waals surface area (Å²) in [7, 11) is 0. The zero-order valence-corrected chi connectivity index (χ0v) is 16.8. The fraction of sp³-hybridized carbons (Fsp3) is 0.0588. The van der Waals surface area contributed by atoms with Crippen LogP contribution in [0.1, 0.15) is 15.4 Å². The number of carbonyl (C=O) groups is 1. The Morgan fingerprint density at radius 3 is 2.96 bits per heavy atom. The second-order valence-electron chi connectivity index (χ2n) is 5.56. The molecule has 0 unspecified atom stereocenters. The molecule has 0 aliphatic carbocycles. The molecule has 0 atom stereocenters. The molecule has 4 aromatic rings. The van der Waals surface area contributed by atoms with Crippen molar-refractivity contribution in [3.8, 4) is 5.88 Å². The number of halogens is 2. The number of hydrogen-bond acceptors (Lipinski definition) is 5. The van der Waals surface area contributed by atoms with E-state index in [0.29, 0.717) is 15.9 Å². The lowest BCUT2D eigenvalue weighted by molar-refractivity contribution is -0.704. The molecule has 0 radical (unpaired) electrons. The first-order valence-electron chi connectivity index (χ1n) is 7.76. The van der Waals surface area contributed by atoms with Crippen molar-refractivity contribution in [3.05, 3.63) is 68.4 Å². The topological polar surface area (TPSA) is 86.2 Å². The number of imidazole rings is 1. The zero-order valence-electron chi connectivity index (χ0n) is 13.6. The minimum absolute atomic E-state index is 0.00277. The molecule has 0 bridgehead atoms. The summed E-state index contributed by atoms with van der Waals surface area (Å²) in [5, 5.41) is 15.7. The monoisotopic (exact) mass is 463 g/mol. The Morgan fingerprint density at radius 1 is 1.37 bits per heavy atom. The van der Waals surface area contributed by atoms with E-state index in [0.717, 1.165) is 9.35 Å². The lowest BCUT2D eigenvalue weighted by atomic mass is 10.3. The van der Waals surface area contributed by atoms with E-state index in [1.165, 1.54) is 15.9 Å². The van der Waals surface area contributed by atoms with Crippen LogP contribution in [0.25, 0.3) is 5.65 Å². The molecule has 136 valence electrons. The lowest BCUT2D eigenvalue weighted by Crippen LogP contribution is -2.36. The molecule has 1 amide bonds. The van der Waals surface area contributed by atoms with Crippen molar-refractivity contribution in [3.63, 3.8) is 0 Å². The maximum Gasteiger partial charge on any atom is 0.300 e. The van der Waals surface area contributed by atoms with Crippen molar-refractivity contribution < 1.29 is 14.5 Å². The van der Waals surface area contributed by atoms with E-state index in [1.807, 2.05) is 6.07 Å². The summed E-state index contributed by atoms with van der Waals surface area (Å²) in [6, 6.07) is 8.75. The highest BCUT2D eigenvalue weighted by Crippen LogP contribution is 2.21. The molecular formula is C17H11BrClN5O2S. The smallest absolute Gasteiger partial charge is 0.300 e. The van der Waals surface area contributed by atoms with Crippen LogP contribution < -0.4 is 15.0 Å². The van der Waals surface area contributed by atoms with Gasteiger partial charge in [-0.1, -0.05) is 33.6 Å². The molecule has 0 fully saturated rings. The molecule has 10 heteroatoms. The number of nitrogens with zero attached hydrogens (tertiary/aromatic N) is 4. The van der Waals surface area contributed by atoms with Gasteiger partial charge in [0.05, 0.1) is 11.1 Å². The van der Waals surface area contributed by atoms with E-state index in [2.05, 4.69) is 31.2 Å². The van der Waals surface area contributed by atoms with Gasteiger partial charge in [-0.2, -0.15) is 4.40 Å². The molecule has 4 rings (SSSR count). The number of amides is 1. The van der Waals surface area contributed by atoms with Crippen molar-refractivity contribution in [1.29, 1.82) is 0 Å². The van der Waals surface area contributed by atoms with Crippen LogP contribution in [-0.4, -0.2) is 20.3 Å². The van der Waals surface area contributed by atoms with Gasteiger partial charge in [0.2, 0.25) is 5.69 Å². The van der Waals surface area contributed by atoms with E-state index < -0.39 is 11.8 Å². The summed E-state index contributed by atoms with van der Waals surface area (Å²) in [4.78, 5) is 21.7. The average Bonchev–Trinajstić information content (AvgIpc) is 3.17. The van der Waals surface area contributed by atoms with Crippen molar-refractivity contribution in [2.45, 2.75) is 6.54 Å². The highest BCUT2D eigenvalue weighted by atomic mass is 79.9. The number of anilines is 1. The summed E-state index contributed by atoms with van der Waals surface area (Å²) in [6.45, 7) is 0.277. The standard InChI is InChI=1S/C17H11BrClN5O2S/c18-10-4-5-20-12(7-10)22-15(25)14-16(26)24(9-11-8-21-17(19)27-11)13-3-1-2-6-23(13)14/h1-8H,9H2,(H-,20,22,25,26).